The number of aromatic nitrogens is 2. The van der Waals surface area contributed by atoms with Crippen molar-refractivity contribution in [2.75, 3.05) is 7.11 Å². The average Bonchev–Trinajstić information content (AvgIpc) is 3.25. The molecule has 0 amide bonds. The first kappa shape index (κ1) is 17.1. The van der Waals surface area contributed by atoms with Gasteiger partial charge in [-0.25, -0.2) is 4.57 Å². The Hall–Kier alpha value is -2.34. The lowest BCUT2D eigenvalue weighted by atomic mass is 10.1. The summed E-state index contributed by atoms with van der Waals surface area (Å²) in [6.45, 7) is 0.974. The van der Waals surface area contributed by atoms with Crippen molar-refractivity contribution in [2.24, 2.45) is 0 Å². The van der Waals surface area contributed by atoms with E-state index in [0.717, 1.165) is 42.1 Å². The highest BCUT2D eigenvalue weighted by Gasteiger charge is 2.29. The van der Waals surface area contributed by atoms with Crippen LogP contribution in [0.5, 0.6) is 5.75 Å². The fourth-order valence-electron chi connectivity index (χ4n) is 3.44. The van der Waals surface area contributed by atoms with Gasteiger partial charge in [0, 0.05) is 10.5 Å². The van der Waals surface area contributed by atoms with Gasteiger partial charge < -0.3 is 4.74 Å². The standard InChI is InChI=1S/C20H19F2N2OS/c1-25-16-8-6-15(7-9-16)24-13-18(23-12-2-3-19(23)24)14-4-10-17(11-5-14)26-20(21)22/h4-11,13,20H,2-3,12H2,1H3/q+1. The number of benzene rings is 2. The Morgan fingerprint density at radius 3 is 2.46 bits per heavy atom. The zero-order chi connectivity index (χ0) is 18.1. The third-order valence-electron chi connectivity index (χ3n) is 4.64. The van der Waals surface area contributed by atoms with Gasteiger partial charge in [-0.2, -0.15) is 13.3 Å². The summed E-state index contributed by atoms with van der Waals surface area (Å²) in [5.41, 5.74) is 3.24. The molecule has 134 valence electrons. The highest BCUT2D eigenvalue weighted by molar-refractivity contribution is 7.99. The molecule has 0 saturated heterocycles. The Morgan fingerprint density at radius 2 is 1.81 bits per heavy atom. The number of nitrogens with zero attached hydrogens (tertiary/aromatic N) is 2. The second-order valence-electron chi connectivity index (χ2n) is 6.16. The molecule has 6 heteroatoms. The van der Waals surface area contributed by atoms with Crippen LogP contribution in [-0.4, -0.2) is 17.4 Å². The van der Waals surface area contributed by atoms with Crippen LogP contribution in [0.1, 0.15) is 12.2 Å². The lowest BCUT2D eigenvalue weighted by molar-refractivity contribution is -0.679. The molecule has 4 rings (SSSR count). The summed E-state index contributed by atoms with van der Waals surface area (Å²) in [6, 6.07) is 15.4. The van der Waals surface area contributed by atoms with Gasteiger partial charge in [0.15, 0.2) is 5.69 Å². The lowest BCUT2D eigenvalue weighted by Gasteiger charge is -2.02. The van der Waals surface area contributed by atoms with Crippen molar-refractivity contribution in [3.8, 4) is 22.7 Å². The Kier molecular flexibility index (Phi) is 4.68. The van der Waals surface area contributed by atoms with Gasteiger partial charge in [-0.15, -0.1) is 0 Å². The minimum Gasteiger partial charge on any atom is -0.497 e. The molecule has 2 aromatic carbocycles. The quantitative estimate of drug-likeness (QED) is 0.477. The largest absolute Gasteiger partial charge is 0.497 e. The first-order valence-corrected chi connectivity index (χ1v) is 9.37. The van der Waals surface area contributed by atoms with E-state index in [-0.39, 0.29) is 0 Å². The van der Waals surface area contributed by atoms with Crippen molar-refractivity contribution < 1.29 is 18.1 Å². The molecule has 0 N–H and O–H groups in total. The summed E-state index contributed by atoms with van der Waals surface area (Å²) in [5, 5.41) is 0. The third-order valence-corrected chi connectivity index (χ3v) is 5.36. The number of hydrogen-bond acceptors (Lipinski definition) is 2. The van der Waals surface area contributed by atoms with E-state index in [1.54, 1.807) is 19.2 Å². The lowest BCUT2D eigenvalue weighted by Crippen LogP contribution is -2.33. The van der Waals surface area contributed by atoms with Crippen LogP contribution in [0, 0.1) is 0 Å². The summed E-state index contributed by atoms with van der Waals surface area (Å²) in [5.74, 6) is -0.302. The molecule has 0 radical (unpaired) electrons. The Balaban J connectivity index is 1.71. The van der Waals surface area contributed by atoms with Gasteiger partial charge in [0.05, 0.1) is 20.1 Å². The van der Waals surface area contributed by atoms with Crippen LogP contribution >= 0.6 is 11.8 Å². The van der Waals surface area contributed by atoms with Gasteiger partial charge in [-0.1, -0.05) is 11.8 Å². The van der Waals surface area contributed by atoms with Crippen LogP contribution in [0.3, 0.4) is 0 Å². The SMILES string of the molecule is COc1ccc(-n2cc(-c3ccc(SC(F)F)cc3)[n+]3c2CCC3)cc1. The number of halogens is 2. The van der Waals surface area contributed by atoms with Gasteiger partial charge in [0.1, 0.15) is 17.6 Å². The van der Waals surface area contributed by atoms with Crippen LogP contribution in [-0.2, 0) is 13.0 Å². The summed E-state index contributed by atoms with van der Waals surface area (Å²) < 4.78 is 34.8. The van der Waals surface area contributed by atoms with Crippen molar-refractivity contribution in [3.63, 3.8) is 0 Å². The first-order chi connectivity index (χ1) is 12.7. The van der Waals surface area contributed by atoms with Crippen molar-refractivity contribution in [1.29, 1.82) is 0 Å². The fraction of sp³-hybridized carbons (Fsp3) is 0.250. The average molecular weight is 373 g/mol. The van der Waals surface area contributed by atoms with Crippen molar-refractivity contribution in [3.05, 3.63) is 60.6 Å². The molecule has 2 heterocycles. The minimum atomic E-state index is -2.39. The number of ether oxygens (including phenoxy) is 1. The molecule has 1 aliphatic rings. The smallest absolute Gasteiger partial charge is 0.288 e. The van der Waals surface area contributed by atoms with Crippen LogP contribution in [0.4, 0.5) is 8.78 Å². The zero-order valence-corrected chi connectivity index (χ0v) is 15.2. The third kappa shape index (κ3) is 3.21. The Morgan fingerprint density at radius 1 is 1.08 bits per heavy atom. The Labute approximate surface area is 155 Å². The first-order valence-electron chi connectivity index (χ1n) is 8.49. The summed E-state index contributed by atoms with van der Waals surface area (Å²) in [6.07, 6.45) is 4.26. The number of imidazole rings is 1. The molecule has 0 atom stereocenters. The predicted molar refractivity (Wildman–Crippen MR) is 98.1 cm³/mol. The van der Waals surface area contributed by atoms with Crippen LogP contribution in [0.15, 0.2) is 59.6 Å². The predicted octanol–water partition coefficient (Wildman–Crippen LogP) is 4.70. The van der Waals surface area contributed by atoms with E-state index in [2.05, 4.69) is 15.3 Å². The fourth-order valence-corrected chi connectivity index (χ4v) is 3.94. The highest BCUT2D eigenvalue weighted by Crippen LogP contribution is 2.29. The normalized spacial score (nSPS) is 13.2. The van der Waals surface area contributed by atoms with Crippen molar-refractivity contribution in [2.45, 2.75) is 30.0 Å². The molecular formula is C20H19F2N2OS+. The molecule has 1 aromatic heterocycles. The molecule has 26 heavy (non-hydrogen) atoms. The summed E-state index contributed by atoms with van der Waals surface area (Å²) in [7, 11) is 1.66. The summed E-state index contributed by atoms with van der Waals surface area (Å²) in [4.78, 5) is 0.583. The summed E-state index contributed by atoms with van der Waals surface area (Å²) >= 11 is 0.576. The van der Waals surface area contributed by atoms with E-state index >= 15 is 0 Å². The van der Waals surface area contributed by atoms with E-state index in [9.17, 15) is 8.78 Å². The van der Waals surface area contributed by atoms with Crippen molar-refractivity contribution in [1.82, 2.24) is 4.57 Å². The number of fused-ring (bicyclic) bond motifs is 1. The maximum Gasteiger partial charge on any atom is 0.288 e. The molecule has 0 unspecified atom stereocenters. The van der Waals surface area contributed by atoms with Gasteiger partial charge in [0.25, 0.3) is 11.6 Å². The van der Waals surface area contributed by atoms with Crippen LogP contribution in [0.2, 0.25) is 0 Å². The van der Waals surface area contributed by atoms with E-state index in [0.29, 0.717) is 16.7 Å². The molecule has 3 aromatic rings. The van der Waals surface area contributed by atoms with Gasteiger partial charge in [-0.05, 0) is 55.0 Å². The number of hydrogen-bond donors (Lipinski definition) is 0. The van der Waals surface area contributed by atoms with E-state index in [1.807, 2.05) is 36.4 Å². The highest BCUT2D eigenvalue weighted by atomic mass is 32.2. The molecule has 3 nitrogen and oxygen atoms in total. The number of thioether (sulfide) groups is 1. The topological polar surface area (TPSA) is 18.0 Å². The van der Waals surface area contributed by atoms with Gasteiger partial charge in [-0.3, -0.25) is 0 Å². The zero-order valence-electron chi connectivity index (χ0n) is 14.4. The number of methoxy groups -OCH3 is 1. The van der Waals surface area contributed by atoms with E-state index in [1.165, 1.54) is 5.82 Å². The molecular weight excluding hydrogens is 354 g/mol. The monoisotopic (exact) mass is 373 g/mol. The van der Waals surface area contributed by atoms with Gasteiger partial charge >= 0.3 is 0 Å². The van der Waals surface area contributed by atoms with E-state index in [4.69, 9.17) is 4.74 Å². The number of rotatable bonds is 5. The maximum atomic E-state index is 12.5. The van der Waals surface area contributed by atoms with Gasteiger partial charge in [0.2, 0.25) is 0 Å². The van der Waals surface area contributed by atoms with E-state index < -0.39 is 5.76 Å². The Bertz CT molecular complexity index is 905. The molecule has 0 aliphatic carbocycles. The molecule has 1 aliphatic heterocycles. The van der Waals surface area contributed by atoms with Crippen molar-refractivity contribution >= 4 is 11.8 Å². The maximum absolute atomic E-state index is 12.5. The molecule has 0 bridgehead atoms. The molecule has 0 spiro atoms. The van der Waals surface area contributed by atoms with Crippen LogP contribution in [0.25, 0.3) is 16.9 Å². The van der Waals surface area contributed by atoms with Crippen LogP contribution < -0.4 is 9.30 Å². The minimum absolute atomic E-state index is 0.576. The number of alkyl halides is 2. The second kappa shape index (κ2) is 7.11. The molecule has 0 fully saturated rings. The molecule has 0 saturated carbocycles. The second-order valence-corrected chi connectivity index (χ2v) is 7.22.